The zero-order chi connectivity index (χ0) is 14.5. The number of aliphatic carboxylic acids is 1. The van der Waals surface area contributed by atoms with E-state index in [-0.39, 0.29) is 5.91 Å². The van der Waals surface area contributed by atoms with Crippen LogP contribution in [0.4, 0.5) is 5.69 Å². The molecule has 106 valence electrons. The lowest BCUT2D eigenvalue weighted by molar-refractivity contribution is -0.131. The monoisotopic (exact) mass is 273 g/mol. The van der Waals surface area contributed by atoms with Gasteiger partial charge in [0.25, 0.3) is 0 Å². The SMILES string of the molecule is CCc1cc(/C=C/C(=O)O)ccc1N1CCCCC1=O. The third-order valence-corrected chi connectivity index (χ3v) is 3.52. The molecular formula is C16H19NO3. The molecule has 1 amide bonds. The molecule has 0 saturated carbocycles. The molecule has 1 aliphatic rings. The lowest BCUT2D eigenvalue weighted by atomic mass is 10.0. The van der Waals surface area contributed by atoms with E-state index in [9.17, 15) is 9.59 Å². The Labute approximate surface area is 118 Å². The number of amides is 1. The third-order valence-electron chi connectivity index (χ3n) is 3.52. The molecule has 4 nitrogen and oxygen atoms in total. The Balaban J connectivity index is 2.30. The second kappa shape index (κ2) is 6.37. The van der Waals surface area contributed by atoms with Crippen molar-refractivity contribution in [2.45, 2.75) is 32.6 Å². The number of carbonyl (C=O) groups excluding carboxylic acids is 1. The molecule has 1 aromatic rings. The number of hydrogen-bond donors (Lipinski definition) is 1. The number of carboxylic acid groups (broad SMARTS) is 1. The zero-order valence-corrected chi connectivity index (χ0v) is 11.6. The van der Waals surface area contributed by atoms with Gasteiger partial charge < -0.3 is 10.0 Å². The Morgan fingerprint density at radius 3 is 2.85 bits per heavy atom. The van der Waals surface area contributed by atoms with Crippen molar-refractivity contribution < 1.29 is 14.7 Å². The molecule has 1 heterocycles. The van der Waals surface area contributed by atoms with Crippen LogP contribution in [0.15, 0.2) is 24.3 Å². The van der Waals surface area contributed by atoms with E-state index in [0.717, 1.165) is 48.7 Å². The number of nitrogens with zero attached hydrogens (tertiary/aromatic N) is 1. The van der Waals surface area contributed by atoms with Crippen molar-refractivity contribution in [3.05, 3.63) is 35.4 Å². The van der Waals surface area contributed by atoms with Gasteiger partial charge in [-0.15, -0.1) is 0 Å². The first-order chi connectivity index (χ1) is 9.61. The number of benzene rings is 1. The summed E-state index contributed by atoms with van der Waals surface area (Å²) in [5, 5.41) is 8.65. The summed E-state index contributed by atoms with van der Waals surface area (Å²) in [6.45, 7) is 2.81. The lowest BCUT2D eigenvalue weighted by Crippen LogP contribution is -2.35. The number of rotatable bonds is 4. The highest BCUT2D eigenvalue weighted by Crippen LogP contribution is 2.27. The first-order valence-electron chi connectivity index (χ1n) is 6.96. The Morgan fingerprint density at radius 2 is 2.20 bits per heavy atom. The van der Waals surface area contributed by atoms with E-state index in [1.807, 2.05) is 30.0 Å². The minimum atomic E-state index is -0.960. The summed E-state index contributed by atoms with van der Waals surface area (Å²) in [4.78, 5) is 24.4. The van der Waals surface area contributed by atoms with Crippen LogP contribution >= 0.6 is 0 Å². The van der Waals surface area contributed by atoms with Gasteiger partial charge in [-0.1, -0.05) is 13.0 Å². The van der Waals surface area contributed by atoms with E-state index in [1.54, 1.807) is 6.08 Å². The molecule has 0 aliphatic carbocycles. The van der Waals surface area contributed by atoms with Crippen molar-refractivity contribution >= 4 is 23.6 Å². The molecule has 1 saturated heterocycles. The van der Waals surface area contributed by atoms with E-state index < -0.39 is 5.97 Å². The van der Waals surface area contributed by atoms with Gasteiger partial charge in [-0.3, -0.25) is 4.79 Å². The van der Waals surface area contributed by atoms with Crippen LogP contribution in [0.5, 0.6) is 0 Å². The Kier molecular flexibility index (Phi) is 4.56. The van der Waals surface area contributed by atoms with Gasteiger partial charge in [-0.2, -0.15) is 0 Å². The summed E-state index contributed by atoms with van der Waals surface area (Å²) in [7, 11) is 0. The average Bonchev–Trinajstić information content (AvgIpc) is 2.45. The topological polar surface area (TPSA) is 57.6 Å². The second-order valence-electron chi connectivity index (χ2n) is 4.92. The van der Waals surface area contributed by atoms with Gasteiger partial charge in [-0.25, -0.2) is 4.79 Å². The molecule has 0 aromatic heterocycles. The maximum atomic E-state index is 12.0. The molecular weight excluding hydrogens is 254 g/mol. The van der Waals surface area contributed by atoms with Gasteiger partial charge in [0.1, 0.15) is 0 Å². The first-order valence-corrected chi connectivity index (χ1v) is 6.96. The number of carboxylic acids is 1. The van der Waals surface area contributed by atoms with E-state index in [0.29, 0.717) is 6.42 Å². The standard InChI is InChI=1S/C16H19NO3/c1-2-13-11-12(7-9-16(19)20)6-8-14(13)17-10-4-3-5-15(17)18/h6-9,11H,2-5,10H2,1H3,(H,19,20)/b9-7+. The van der Waals surface area contributed by atoms with Crippen molar-refractivity contribution in [3.8, 4) is 0 Å². The summed E-state index contributed by atoms with van der Waals surface area (Å²) < 4.78 is 0. The Bertz CT molecular complexity index is 549. The molecule has 0 spiro atoms. The maximum absolute atomic E-state index is 12.0. The molecule has 0 unspecified atom stereocenters. The van der Waals surface area contributed by atoms with Crippen molar-refractivity contribution in [2.75, 3.05) is 11.4 Å². The van der Waals surface area contributed by atoms with Gasteiger partial charge in [0.2, 0.25) is 5.91 Å². The third kappa shape index (κ3) is 3.26. The smallest absolute Gasteiger partial charge is 0.328 e. The van der Waals surface area contributed by atoms with Crippen LogP contribution in [0.1, 0.15) is 37.3 Å². The van der Waals surface area contributed by atoms with Gasteiger partial charge >= 0.3 is 5.97 Å². The number of piperidine rings is 1. The molecule has 2 rings (SSSR count). The summed E-state index contributed by atoms with van der Waals surface area (Å²) in [5.74, 6) is -0.780. The van der Waals surface area contributed by atoms with Crippen LogP contribution in [0.2, 0.25) is 0 Å². The largest absolute Gasteiger partial charge is 0.478 e. The van der Waals surface area contributed by atoms with Crippen LogP contribution < -0.4 is 4.90 Å². The Morgan fingerprint density at radius 1 is 1.40 bits per heavy atom. The minimum Gasteiger partial charge on any atom is -0.478 e. The molecule has 1 fully saturated rings. The van der Waals surface area contributed by atoms with Gasteiger partial charge in [0.15, 0.2) is 0 Å². The highest BCUT2D eigenvalue weighted by atomic mass is 16.4. The number of aryl methyl sites for hydroxylation is 1. The summed E-state index contributed by atoms with van der Waals surface area (Å²) >= 11 is 0. The fourth-order valence-corrected chi connectivity index (χ4v) is 2.48. The van der Waals surface area contributed by atoms with Crippen LogP contribution in [-0.2, 0) is 16.0 Å². The average molecular weight is 273 g/mol. The van der Waals surface area contributed by atoms with Crippen molar-refractivity contribution in [1.29, 1.82) is 0 Å². The molecule has 4 heteroatoms. The van der Waals surface area contributed by atoms with E-state index in [1.165, 1.54) is 0 Å². The Hall–Kier alpha value is -2.10. The fraction of sp³-hybridized carbons (Fsp3) is 0.375. The van der Waals surface area contributed by atoms with Crippen LogP contribution in [0, 0.1) is 0 Å². The lowest BCUT2D eigenvalue weighted by Gasteiger charge is -2.28. The van der Waals surface area contributed by atoms with Crippen LogP contribution in [0.25, 0.3) is 6.08 Å². The summed E-state index contributed by atoms with van der Waals surface area (Å²) in [5.41, 5.74) is 2.88. The molecule has 0 radical (unpaired) electrons. The molecule has 20 heavy (non-hydrogen) atoms. The number of hydrogen-bond acceptors (Lipinski definition) is 2. The summed E-state index contributed by atoms with van der Waals surface area (Å²) in [6, 6.07) is 5.73. The fourth-order valence-electron chi connectivity index (χ4n) is 2.48. The first kappa shape index (κ1) is 14.3. The zero-order valence-electron chi connectivity index (χ0n) is 11.6. The predicted octanol–water partition coefficient (Wildman–Crippen LogP) is 2.86. The molecule has 1 N–H and O–H groups in total. The highest BCUT2D eigenvalue weighted by molar-refractivity contribution is 5.95. The molecule has 0 atom stereocenters. The van der Waals surface area contributed by atoms with Gasteiger partial charge in [0.05, 0.1) is 0 Å². The van der Waals surface area contributed by atoms with E-state index >= 15 is 0 Å². The highest BCUT2D eigenvalue weighted by Gasteiger charge is 2.21. The molecule has 1 aromatic carbocycles. The predicted molar refractivity (Wildman–Crippen MR) is 78.7 cm³/mol. The molecule has 1 aliphatic heterocycles. The van der Waals surface area contributed by atoms with Crippen molar-refractivity contribution in [2.24, 2.45) is 0 Å². The van der Waals surface area contributed by atoms with Crippen molar-refractivity contribution in [1.82, 2.24) is 0 Å². The van der Waals surface area contributed by atoms with Crippen LogP contribution in [0.3, 0.4) is 0 Å². The van der Waals surface area contributed by atoms with Gasteiger partial charge in [-0.05, 0) is 48.6 Å². The second-order valence-corrected chi connectivity index (χ2v) is 4.92. The van der Waals surface area contributed by atoms with E-state index in [4.69, 9.17) is 5.11 Å². The van der Waals surface area contributed by atoms with Gasteiger partial charge in [0, 0.05) is 24.7 Å². The molecule has 0 bridgehead atoms. The summed E-state index contributed by atoms with van der Waals surface area (Å²) in [6.07, 6.45) is 6.13. The van der Waals surface area contributed by atoms with Crippen molar-refractivity contribution in [3.63, 3.8) is 0 Å². The van der Waals surface area contributed by atoms with E-state index in [2.05, 4.69) is 0 Å². The maximum Gasteiger partial charge on any atom is 0.328 e. The number of carbonyl (C=O) groups is 2. The normalized spacial score (nSPS) is 15.8. The van der Waals surface area contributed by atoms with Crippen LogP contribution in [-0.4, -0.2) is 23.5 Å². The number of anilines is 1. The quantitative estimate of drug-likeness (QED) is 0.858. The minimum absolute atomic E-state index is 0.180.